The Kier molecular flexibility index (Phi) is 4.06. The topological polar surface area (TPSA) is 59.6 Å². The normalized spacial score (nSPS) is 24.1. The van der Waals surface area contributed by atoms with E-state index >= 15 is 0 Å². The molecule has 2 aliphatic heterocycles. The largest absolute Gasteiger partial charge is 0.441 e. The Bertz CT molecular complexity index is 489. The van der Waals surface area contributed by atoms with Crippen LogP contribution < -0.4 is 10.6 Å². The van der Waals surface area contributed by atoms with Gasteiger partial charge in [0.1, 0.15) is 5.76 Å². The van der Waals surface area contributed by atoms with Gasteiger partial charge in [0, 0.05) is 0 Å². The van der Waals surface area contributed by atoms with E-state index in [2.05, 4.69) is 24.1 Å². The predicted octanol–water partition coefficient (Wildman–Crippen LogP) is 2.31. The predicted molar refractivity (Wildman–Crippen MR) is 71.8 cm³/mol. The molecule has 0 aliphatic carbocycles. The molecule has 5 nitrogen and oxygen atoms in total. The van der Waals surface area contributed by atoms with Crippen molar-refractivity contribution in [2.45, 2.75) is 26.5 Å². The van der Waals surface area contributed by atoms with Gasteiger partial charge in [-0.05, 0) is 31.1 Å². The molecule has 0 radical (unpaired) electrons. The van der Waals surface area contributed by atoms with Gasteiger partial charge in [0.05, 0.1) is 12.2 Å². The van der Waals surface area contributed by atoms with Gasteiger partial charge in [0.25, 0.3) is 0 Å². The zero-order valence-corrected chi connectivity index (χ0v) is 11.2. The van der Waals surface area contributed by atoms with Crippen LogP contribution in [0.15, 0.2) is 47.6 Å². The van der Waals surface area contributed by atoms with E-state index in [9.17, 15) is 4.79 Å². The summed E-state index contributed by atoms with van der Waals surface area (Å²) in [6.45, 7) is 7.90. The van der Waals surface area contributed by atoms with Gasteiger partial charge in [-0.15, -0.1) is 6.58 Å². The molecule has 0 saturated heterocycles. The second kappa shape index (κ2) is 5.75. The Morgan fingerprint density at radius 2 is 2.37 bits per heavy atom. The van der Waals surface area contributed by atoms with E-state index in [0.29, 0.717) is 12.5 Å². The summed E-state index contributed by atoms with van der Waals surface area (Å²) >= 11 is 0. The Morgan fingerprint density at radius 3 is 3.00 bits per heavy atom. The minimum Gasteiger partial charge on any atom is -0.441 e. The number of carbonyl (C=O) groups is 1. The van der Waals surface area contributed by atoms with Crippen LogP contribution in [0.1, 0.15) is 20.3 Å². The number of rotatable bonds is 4. The Hall–Kier alpha value is -2.01. The van der Waals surface area contributed by atoms with E-state index in [1.165, 1.54) is 0 Å². The number of ether oxygens (including phenoxy) is 2. The maximum atomic E-state index is 11.6. The van der Waals surface area contributed by atoms with Crippen LogP contribution in [0, 0.1) is 0 Å². The van der Waals surface area contributed by atoms with E-state index in [4.69, 9.17) is 9.47 Å². The van der Waals surface area contributed by atoms with Crippen molar-refractivity contribution in [3.63, 3.8) is 0 Å². The van der Waals surface area contributed by atoms with Crippen LogP contribution in [0.3, 0.4) is 0 Å². The van der Waals surface area contributed by atoms with Crippen molar-refractivity contribution >= 4 is 6.03 Å². The number of carbonyl (C=O) groups excluding carboxylic acids is 1. The maximum absolute atomic E-state index is 11.6. The molecule has 0 fully saturated rings. The zero-order chi connectivity index (χ0) is 13.8. The summed E-state index contributed by atoms with van der Waals surface area (Å²) in [5, 5.41) is 5.40. The fourth-order valence-corrected chi connectivity index (χ4v) is 2.03. The monoisotopic (exact) mass is 262 g/mol. The van der Waals surface area contributed by atoms with Crippen molar-refractivity contribution in [1.29, 1.82) is 0 Å². The lowest BCUT2D eigenvalue weighted by Crippen LogP contribution is -2.51. The molecule has 2 aliphatic rings. The Balaban J connectivity index is 2.36. The molecule has 2 amide bonds. The van der Waals surface area contributed by atoms with Crippen LogP contribution in [-0.2, 0) is 9.47 Å². The fourth-order valence-electron chi connectivity index (χ4n) is 2.03. The van der Waals surface area contributed by atoms with Crippen molar-refractivity contribution in [3.05, 3.63) is 47.6 Å². The summed E-state index contributed by atoms with van der Waals surface area (Å²) in [6.07, 6.45) is 5.78. The minimum absolute atomic E-state index is 0.333. The molecule has 102 valence electrons. The van der Waals surface area contributed by atoms with Gasteiger partial charge in [0.2, 0.25) is 5.88 Å². The molecule has 0 aromatic rings. The lowest BCUT2D eigenvalue weighted by molar-refractivity contribution is 0.0703. The van der Waals surface area contributed by atoms with E-state index < -0.39 is 6.23 Å². The quantitative estimate of drug-likeness (QED) is 0.764. The van der Waals surface area contributed by atoms with Crippen molar-refractivity contribution in [2.24, 2.45) is 0 Å². The highest BCUT2D eigenvalue weighted by Crippen LogP contribution is 2.31. The third-order valence-electron chi connectivity index (χ3n) is 2.92. The van der Waals surface area contributed by atoms with Gasteiger partial charge in [-0.2, -0.15) is 0 Å². The first kappa shape index (κ1) is 13.4. The molecular formula is C14H18N2O3. The number of urea groups is 1. The second-order valence-electron chi connectivity index (χ2n) is 4.16. The molecule has 2 heterocycles. The van der Waals surface area contributed by atoms with Crippen molar-refractivity contribution in [3.8, 4) is 0 Å². The summed E-state index contributed by atoms with van der Waals surface area (Å²) < 4.78 is 11.2. The van der Waals surface area contributed by atoms with Crippen LogP contribution in [0.5, 0.6) is 0 Å². The van der Waals surface area contributed by atoms with Gasteiger partial charge >= 0.3 is 6.03 Å². The van der Waals surface area contributed by atoms with E-state index in [1.807, 2.05) is 19.1 Å². The van der Waals surface area contributed by atoms with E-state index in [-0.39, 0.29) is 6.03 Å². The first-order chi connectivity index (χ1) is 9.19. The molecule has 0 bridgehead atoms. The lowest BCUT2D eigenvalue weighted by Gasteiger charge is -2.33. The van der Waals surface area contributed by atoms with Gasteiger partial charge in [-0.25, -0.2) is 4.79 Å². The number of allylic oxidation sites excluding steroid dienone is 2. The smallest absolute Gasteiger partial charge is 0.323 e. The number of hydrogen-bond acceptors (Lipinski definition) is 3. The highest BCUT2D eigenvalue weighted by atomic mass is 16.5. The van der Waals surface area contributed by atoms with Crippen LogP contribution in [0.25, 0.3) is 0 Å². The molecular weight excluding hydrogens is 244 g/mol. The number of amides is 2. The van der Waals surface area contributed by atoms with Crippen LogP contribution in [0.2, 0.25) is 0 Å². The zero-order valence-electron chi connectivity index (χ0n) is 11.2. The molecule has 5 heteroatoms. The molecule has 0 aromatic heterocycles. The van der Waals surface area contributed by atoms with E-state index in [0.717, 1.165) is 23.3 Å². The van der Waals surface area contributed by atoms with Crippen molar-refractivity contribution in [1.82, 2.24) is 10.6 Å². The number of hydrogen-bond donors (Lipinski definition) is 2. The third-order valence-corrected chi connectivity index (χ3v) is 2.92. The first-order valence-corrected chi connectivity index (χ1v) is 6.28. The van der Waals surface area contributed by atoms with Crippen LogP contribution in [0.4, 0.5) is 4.79 Å². The van der Waals surface area contributed by atoms with E-state index in [1.54, 1.807) is 6.08 Å². The molecule has 2 rings (SSSR count). The molecule has 19 heavy (non-hydrogen) atoms. The summed E-state index contributed by atoms with van der Waals surface area (Å²) in [5.74, 6) is 1.17. The van der Waals surface area contributed by atoms with Gasteiger partial charge in [-0.3, -0.25) is 5.32 Å². The number of nitrogens with one attached hydrogen (secondary N) is 2. The highest BCUT2D eigenvalue weighted by Gasteiger charge is 2.33. The van der Waals surface area contributed by atoms with Crippen LogP contribution >= 0.6 is 0 Å². The summed E-state index contributed by atoms with van der Waals surface area (Å²) in [7, 11) is 0. The third kappa shape index (κ3) is 2.71. The SMILES string of the molecule is C=CCOC1NC(=O)NC2=C1C(CC)=C/C(=C/C)O2. The molecule has 0 spiro atoms. The van der Waals surface area contributed by atoms with Gasteiger partial charge in [-0.1, -0.05) is 13.0 Å². The Labute approximate surface area is 112 Å². The molecule has 0 saturated carbocycles. The second-order valence-corrected chi connectivity index (χ2v) is 4.16. The average molecular weight is 262 g/mol. The molecule has 2 N–H and O–H groups in total. The summed E-state index contributed by atoms with van der Waals surface area (Å²) in [6, 6.07) is -0.333. The molecule has 1 atom stereocenters. The average Bonchev–Trinajstić information content (AvgIpc) is 2.42. The summed E-state index contributed by atoms with van der Waals surface area (Å²) in [5.41, 5.74) is 1.92. The van der Waals surface area contributed by atoms with Gasteiger partial charge in [0.15, 0.2) is 6.23 Å². The van der Waals surface area contributed by atoms with Crippen molar-refractivity contribution in [2.75, 3.05) is 6.61 Å². The van der Waals surface area contributed by atoms with Crippen LogP contribution in [-0.4, -0.2) is 18.9 Å². The standard InChI is InChI=1S/C14H18N2O3/c1-4-7-18-12-11-9(5-2)8-10(6-3)19-13(11)16-14(17)15-12/h4,6,8,12H,1,5,7H2,2-3H3,(H2,15,16,17)/b10-6-. The molecule has 1 unspecified atom stereocenters. The Morgan fingerprint density at radius 1 is 1.58 bits per heavy atom. The van der Waals surface area contributed by atoms with Crippen molar-refractivity contribution < 1.29 is 14.3 Å². The highest BCUT2D eigenvalue weighted by molar-refractivity contribution is 5.79. The molecule has 0 aromatic carbocycles. The van der Waals surface area contributed by atoms with Gasteiger partial charge < -0.3 is 14.8 Å². The maximum Gasteiger partial charge on any atom is 0.323 e. The lowest BCUT2D eigenvalue weighted by atomic mass is 9.98. The fraction of sp³-hybridized carbons (Fsp3) is 0.357. The summed E-state index contributed by atoms with van der Waals surface area (Å²) in [4.78, 5) is 11.6. The minimum atomic E-state index is -0.508. The first-order valence-electron chi connectivity index (χ1n) is 6.28.